The monoisotopic (exact) mass is 344 g/mol. The molecular formula is C20H20N6. The fourth-order valence-electron chi connectivity index (χ4n) is 3.64. The van der Waals surface area contributed by atoms with Gasteiger partial charge in [-0.2, -0.15) is 5.10 Å². The minimum Gasteiger partial charge on any atom is -0.399 e. The summed E-state index contributed by atoms with van der Waals surface area (Å²) in [6.07, 6.45) is 0.949. The van der Waals surface area contributed by atoms with Crippen LogP contribution in [-0.2, 0) is 13.0 Å². The van der Waals surface area contributed by atoms with Crippen molar-refractivity contribution in [2.45, 2.75) is 13.0 Å². The van der Waals surface area contributed by atoms with Gasteiger partial charge in [0.15, 0.2) is 0 Å². The lowest BCUT2D eigenvalue weighted by Crippen LogP contribution is -2.27. The largest absolute Gasteiger partial charge is 0.399 e. The SMILES string of the molecule is CN1CCc2c(c(-c3ccc(N)cc3)nn2-c2nc3ccccc3[nH]2)C1. The van der Waals surface area contributed by atoms with Crippen molar-refractivity contribution >= 4 is 16.7 Å². The van der Waals surface area contributed by atoms with E-state index in [2.05, 4.69) is 16.9 Å². The minimum atomic E-state index is 0.761. The van der Waals surface area contributed by atoms with Crippen molar-refractivity contribution in [3.05, 3.63) is 59.8 Å². The second-order valence-electron chi connectivity index (χ2n) is 6.87. The van der Waals surface area contributed by atoms with Crippen LogP contribution in [0.25, 0.3) is 28.2 Å². The Morgan fingerprint density at radius 1 is 1.08 bits per heavy atom. The molecule has 3 heterocycles. The van der Waals surface area contributed by atoms with Crippen molar-refractivity contribution in [2.75, 3.05) is 19.3 Å². The van der Waals surface area contributed by atoms with Crippen LogP contribution in [0.1, 0.15) is 11.3 Å². The summed E-state index contributed by atoms with van der Waals surface area (Å²) in [6, 6.07) is 16.0. The molecule has 1 aliphatic rings. The van der Waals surface area contributed by atoms with Gasteiger partial charge >= 0.3 is 0 Å². The predicted molar refractivity (Wildman–Crippen MR) is 103 cm³/mol. The third-order valence-corrected chi connectivity index (χ3v) is 5.01. The summed E-state index contributed by atoms with van der Waals surface area (Å²) >= 11 is 0. The molecule has 0 saturated carbocycles. The summed E-state index contributed by atoms with van der Waals surface area (Å²) < 4.78 is 1.98. The molecule has 0 amide bonds. The molecule has 26 heavy (non-hydrogen) atoms. The van der Waals surface area contributed by atoms with Crippen LogP contribution in [0.4, 0.5) is 5.69 Å². The van der Waals surface area contributed by atoms with Crippen LogP contribution < -0.4 is 5.73 Å². The number of nitrogen functional groups attached to an aromatic ring is 1. The van der Waals surface area contributed by atoms with Crippen molar-refractivity contribution in [1.82, 2.24) is 24.6 Å². The maximum atomic E-state index is 5.86. The van der Waals surface area contributed by atoms with Crippen molar-refractivity contribution in [3.8, 4) is 17.2 Å². The van der Waals surface area contributed by atoms with Gasteiger partial charge in [0.2, 0.25) is 5.95 Å². The molecule has 0 saturated heterocycles. The number of aromatic nitrogens is 4. The number of H-pyrrole nitrogens is 1. The van der Waals surface area contributed by atoms with Crippen molar-refractivity contribution in [2.24, 2.45) is 0 Å². The molecule has 0 spiro atoms. The first-order valence-electron chi connectivity index (χ1n) is 8.79. The lowest BCUT2D eigenvalue weighted by atomic mass is 10.0. The second kappa shape index (κ2) is 5.71. The highest BCUT2D eigenvalue weighted by Gasteiger charge is 2.25. The zero-order valence-corrected chi connectivity index (χ0v) is 14.6. The number of nitrogens with one attached hydrogen (secondary N) is 1. The molecule has 0 radical (unpaired) electrons. The predicted octanol–water partition coefficient (Wildman–Crippen LogP) is 2.99. The summed E-state index contributed by atoms with van der Waals surface area (Å²) in [6.45, 7) is 1.90. The number of benzene rings is 2. The Bertz CT molecular complexity index is 1060. The van der Waals surface area contributed by atoms with E-state index in [1.165, 1.54) is 11.3 Å². The van der Waals surface area contributed by atoms with Gasteiger partial charge in [-0.05, 0) is 31.3 Å². The van der Waals surface area contributed by atoms with E-state index in [1.807, 2.05) is 53.2 Å². The fraction of sp³-hybridized carbons (Fsp3) is 0.200. The highest BCUT2D eigenvalue weighted by molar-refractivity contribution is 5.76. The molecule has 0 aliphatic carbocycles. The van der Waals surface area contributed by atoms with Gasteiger partial charge in [0.05, 0.1) is 22.4 Å². The summed E-state index contributed by atoms with van der Waals surface area (Å²) in [5.41, 5.74) is 13.2. The number of likely N-dealkylation sites (N-methyl/N-ethyl adjacent to an activating group) is 1. The number of fused-ring (bicyclic) bond motifs is 2. The van der Waals surface area contributed by atoms with Gasteiger partial charge in [0.1, 0.15) is 0 Å². The molecule has 0 atom stereocenters. The molecule has 5 rings (SSSR count). The third kappa shape index (κ3) is 2.38. The summed E-state index contributed by atoms with van der Waals surface area (Å²) in [7, 11) is 2.15. The molecule has 2 aromatic heterocycles. The van der Waals surface area contributed by atoms with Gasteiger partial charge in [-0.3, -0.25) is 0 Å². The van der Waals surface area contributed by atoms with Crippen LogP contribution in [0.3, 0.4) is 0 Å². The van der Waals surface area contributed by atoms with Gasteiger partial charge in [0.25, 0.3) is 0 Å². The van der Waals surface area contributed by atoms with E-state index in [-0.39, 0.29) is 0 Å². The molecule has 0 bridgehead atoms. The van der Waals surface area contributed by atoms with E-state index >= 15 is 0 Å². The molecule has 6 heteroatoms. The van der Waals surface area contributed by atoms with E-state index in [1.54, 1.807) is 0 Å². The number of nitrogens with zero attached hydrogens (tertiary/aromatic N) is 4. The number of aromatic amines is 1. The highest BCUT2D eigenvalue weighted by atomic mass is 15.4. The van der Waals surface area contributed by atoms with E-state index in [0.29, 0.717) is 0 Å². The van der Waals surface area contributed by atoms with Crippen LogP contribution >= 0.6 is 0 Å². The topological polar surface area (TPSA) is 75.8 Å². The lowest BCUT2D eigenvalue weighted by molar-refractivity contribution is 0.310. The number of hydrogen-bond donors (Lipinski definition) is 2. The van der Waals surface area contributed by atoms with Crippen molar-refractivity contribution < 1.29 is 0 Å². The number of para-hydroxylation sites is 2. The molecule has 0 fully saturated rings. The summed E-state index contributed by atoms with van der Waals surface area (Å²) in [5, 5.41) is 4.95. The maximum absolute atomic E-state index is 5.86. The zero-order chi connectivity index (χ0) is 17.7. The average Bonchev–Trinajstić information content (AvgIpc) is 3.23. The number of hydrogen-bond acceptors (Lipinski definition) is 4. The van der Waals surface area contributed by atoms with Crippen LogP contribution in [0.15, 0.2) is 48.5 Å². The van der Waals surface area contributed by atoms with Gasteiger partial charge in [-0.15, -0.1) is 0 Å². The molecule has 6 nitrogen and oxygen atoms in total. The smallest absolute Gasteiger partial charge is 0.229 e. The standard InChI is InChI=1S/C20H20N6/c1-25-11-10-18-15(12-25)19(13-6-8-14(21)9-7-13)24-26(18)20-22-16-4-2-3-5-17(16)23-20/h2-9H,10-12,21H2,1H3,(H,22,23). The number of anilines is 1. The molecule has 0 unspecified atom stereocenters. The normalized spacial score (nSPS) is 14.7. The Morgan fingerprint density at radius 2 is 1.88 bits per heavy atom. The Hall–Kier alpha value is -3.12. The molecule has 3 N–H and O–H groups in total. The van der Waals surface area contributed by atoms with Gasteiger partial charge in [-0.1, -0.05) is 24.3 Å². The first-order valence-corrected chi connectivity index (χ1v) is 8.79. The van der Waals surface area contributed by atoms with Gasteiger partial charge in [0, 0.05) is 36.3 Å². The number of rotatable bonds is 2. The Morgan fingerprint density at radius 3 is 2.69 bits per heavy atom. The average molecular weight is 344 g/mol. The molecule has 4 aromatic rings. The Labute approximate surface area is 151 Å². The minimum absolute atomic E-state index is 0.761. The summed E-state index contributed by atoms with van der Waals surface area (Å²) in [5.74, 6) is 0.772. The quantitative estimate of drug-likeness (QED) is 0.548. The van der Waals surface area contributed by atoms with Crippen LogP contribution in [-0.4, -0.2) is 38.2 Å². The van der Waals surface area contributed by atoms with Gasteiger partial charge < -0.3 is 15.6 Å². The third-order valence-electron chi connectivity index (χ3n) is 5.01. The lowest BCUT2D eigenvalue weighted by Gasteiger charge is -2.23. The van der Waals surface area contributed by atoms with Gasteiger partial charge in [-0.25, -0.2) is 9.67 Å². The van der Waals surface area contributed by atoms with E-state index in [9.17, 15) is 0 Å². The molecule has 130 valence electrons. The van der Waals surface area contributed by atoms with Crippen LogP contribution in [0.2, 0.25) is 0 Å². The van der Waals surface area contributed by atoms with Crippen LogP contribution in [0, 0.1) is 0 Å². The first-order chi connectivity index (χ1) is 12.7. The Kier molecular flexibility index (Phi) is 3.33. The first kappa shape index (κ1) is 15.2. The second-order valence-corrected chi connectivity index (χ2v) is 6.87. The van der Waals surface area contributed by atoms with Crippen LogP contribution in [0.5, 0.6) is 0 Å². The van der Waals surface area contributed by atoms with Crippen molar-refractivity contribution in [3.63, 3.8) is 0 Å². The summed E-state index contributed by atoms with van der Waals surface area (Å²) in [4.78, 5) is 10.5. The fourth-order valence-corrected chi connectivity index (χ4v) is 3.64. The molecule has 2 aromatic carbocycles. The number of imidazole rings is 1. The molecular weight excluding hydrogens is 324 g/mol. The zero-order valence-electron chi connectivity index (χ0n) is 14.6. The Balaban J connectivity index is 1.70. The number of nitrogens with two attached hydrogens (primary N) is 1. The van der Waals surface area contributed by atoms with E-state index < -0.39 is 0 Å². The highest BCUT2D eigenvalue weighted by Crippen LogP contribution is 2.31. The maximum Gasteiger partial charge on any atom is 0.229 e. The molecule has 1 aliphatic heterocycles. The van der Waals surface area contributed by atoms with E-state index in [0.717, 1.165) is 53.4 Å². The van der Waals surface area contributed by atoms with Crippen molar-refractivity contribution in [1.29, 1.82) is 0 Å². The van der Waals surface area contributed by atoms with E-state index in [4.69, 9.17) is 15.8 Å².